The highest BCUT2D eigenvalue weighted by atomic mass is 19.3. The number of methoxy groups -OCH3 is 1. The standard InChI is InChI=1S/C31H33F4N3O8/c1-15(36-30(41)46-31(2,3)4)25-24(26(39)37-23(28(40)42-5)19-10-9-18(32)13-20(19)33)38-27(45-25)17-8-11-21(44-29(34)35)22(12-17)43-14-16-6-7-16/h8-13,15-16,23,29H,6-7,14H2,1-5H3,(H,36,41)(H,37,39)/t15-,23?/m0/s1. The van der Waals surface area contributed by atoms with E-state index in [0.717, 1.165) is 32.1 Å². The van der Waals surface area contributed by atoms with Crippen LogP contribution in [-0.4, -0.2) is 48.9 Å². The Kier molecular flexibility index (Phi) is 10.4. The van der Waals surface area contributed by atoms with Gasteiger partial charge in [-0.25, -0.2) is 23.4 Å². The summed E-state index contributed by atoms with van der Waals surface area (Å²) in [6.07, 6.45) is 1.02. The smallest absolute Gasteiger partial charge is 0.408 e. The van der Waals surface area contributed by atoms with Gasteiger partial charge in [0, 0.05) is 17.2 Å². The number of hydrogen-bond donors (Lipinski definition) is 2. The number of benzene rings is 2. The van der Waals surface area contributed by atoms with Crippen molar-refractivity contribution in [1.29, 1.82) is 0 Å². The lowest BCUT2D eigenvalue weighted by Crippen LogP contribution is -2.37. The highest BCUT2D eigenvalue weighted by molar-refractivity contribution is 5.97. The quantitative estimate of drug-likeness (QED) is 0.172. The number of rotatable bonds is 12. The number of oxazole rings is 1. The van der Waals surface area contributed by atoms with Gasteiger partial charge in [0.25, 0.3) is 5.91 Å². The lowest BCUT2D eigenvalue weighted by molar-refractivity contribution is -0.143. The summed E-state index contributed by atoms with van der Waals surface area (Å²) in [5, 5.41) is 4.86. The third-order valence-corrected chi connectivity index (χ3v) is 6.56. The van der Waals surface area contributed by atoms with Gasteiger partial charge in [0.15, 0.2) is 29.0 Å². The number of esters is 1. The normalized spacial score (nSPS) is 14.3. The first kappa shape index (κ1) is 34.1. The summed E-state index contributed by atoms with van der Waals surface area (Å²) in [5.41, 5.74) is -1.49. The number of nitrogens with one attached hydrogen (secondary N) is 2. The van der Waals surface area contributed by atoms with E-state index in [-0.39, 0.29) is 46.8 Å². The van der Waals surface area contributed by atoms with Crippen molar-refractivity contribution in [3.8, 4) is 23.0 Å². The molecule has 15 heteroatoms. The van der Waals surface area contributed by atoms with Crippen molar-refractivity contribution in [1.82, 2.24) is 15.6 Å². The Morgan fingerprint density at radius 2 is 1.76 bits per heavy atom. The minimum absolute atomic E-state index is 0.0204. The molecule has 2 amide bonds. The van der Waals surface area contributed by atoms with Gasteiger partial charge in [0.1, 0.15) is 17.2 Å². The number of carbonyl (C=O) groups is 3. The molecule has 1 fully saturated rings. The summed E-state index contributed by atoms with van der Waals surface area (Å²) in [4.78, 5) is 43.0. The number of aromatic nitrogens is 1. The largest absolute Gasteiger partial charge is 0.489 e. The van der Waals surface area contributed by atoms with E-state index in [1.807, 2.05) is 0 Å². The van der Waals surface area contributed by atoms with Crippen LogP contribution in [0.5, 0.6) is 11.5 Å². The Morgan fingerprint density at radius 1 is 1.04 bits per heavy atom. The Morgan fingerprint density at radius 3 is 2.37 bits per heavy atom. The van der Waals surface area contributed by atoms with E-state index in [1.165, 1.54) is 25.1 Å². The molecule has 46 heavy (non-hydrogen) atoms. The lowest BCUT2D eigenvalue weighted by Gasteiger charge is -2.21. The predicted octanol–water partition coefficient (Wildman–Crippen LogP) is 6.24. The molecule has 0 radical (unpaired) electrons. The number of alkyl carbamates (subject to hydrolysis) is 1. The SMILES string of the molecule is COC(=O)C(NC(=O)c1nc(-c2ccc(OC(F)F)c(OCC3CC3)c2)oc1[C@H](C)NC(=O)OC(C)(C)C)c1ccc(F)cc1F. The molecule has 2 N–H and O–H groups in total. The van der Waals surface area contributed by atoms with Crippen LogP contribution in [0.1, 0.15) is 74.4 Å². The number of halogens is 4. The number of nitrogens with zero attached hydrogens (tertiary/aromatic N) is 1. The monoisotopic (exact) mass is 651 g/mol. The Labute approximate surface area is 261 Å². The molecular weight excluding hydrogens is 618 g/mol. The van der Waals surface area contributed by atoms with E-state index in [1.54, 1.807) is 20.8 Å². The fraction of sp³-hybridized carbons (Fsp3) is 0.419. The predicted molar refractivity (Wildman–Crippen MR) is 153 cm³/mol. The minimum atomic E-state index is -3.12. The molecule has 2 aromatic carbocycles. The van der Waals surface area contributed by atoms with Crippen LogP contribution in [0.4, 0.5) is 22.4 Å². The lowest BCUT2D eigenvalue weighted by atomic mass is 10.1. The summed E-state index contributed by atoms with van der Waals surface area (Å²) in [7, 11) is 1.01. The number of carbonyl (C=O) groups excluding carboxylic acids is 3. The van der Waals surface area contributed by atoms with Gasteiger partial charge in [-0.1, -0.05) is 6.07 Å². The van der Waals surface area contributed by atoms with Gasteiger partial charge in [0.2, 0.25) is 5.89 Å². The molecule has 0 bridgehead atoms. The third-order valence-electron chi connectivity index (χ3n) is 6.56. The van der Waals surface area contributed by atoms with Gasteiger partial charge in [-0.05, 0) is 70.7 Å². The Bertz CT molecular complexity index is 1590. The van der Waals surface area contributed by atoms with Gasteiger partial charge >= 0.3 is 18.7 Å². The molecule has 1 aliphatic rings. The van der Waals surface area contributed by atoms with Crippen LogP contribution < -0.4 is 20.1 Å². The zero-order valence-corrected chi connectivity index (χ0v) is 25.6. The van der Waals surface area contributed by atoms with Crippen molar-refractivity contribution < 1.29 is 55.3 Å². The number of ether oxygens (including phenoxy) is 4. The molecular formula is C31H33F4N3O8. The van der Waals surface area contributed by atoms with Crippen LogP contribution in [0.25, 0.3) is 11.5 Å². The van der Waals surface area contributed by atoms with Crippen molar-refractivity contribution in [3.63, 3.8) is 0 Å². The van der Waals surface area contributed by atoms with Crippen LogP contribution >= 0.6 is 0 Å². The second kappa shape index (κ2) is 14.1. The van der Waals surface area contributed by atoms with Crippen molar-refractivity contribution >= 4 is 18.0 Å². The van der Waals surface area contributed by atoms with E-state index < -0.39 is 59.6 Å². The van der Waals surface area contributed by atoms with Crippen molar-refractivity contribution in [3.05, 3.63) is 65.1 Å². The molecule has 11 nitrogen and oxygen atoms in total. The molecule has 2 atom stereocenters. The average molecular weight is 652 g/mol. The maximum atomic E-state index is 14.7. The molecule has 1 heterocycles. The topological polar surface area (TPSA) is 138 Å². The van der Waals surface area contributed by atoms with Crippen LogP contribution in [0.15, 0.2) is 40.8 Å². The molecule has 3 aromatic rings. The minimum Gasteiger partial charge on any atom is -0.489 e. The molecule has 4 rings (SSSR count). The van der Waals surface area contributed by atoms with Crippen molar-refractivity contribution in [2.75, 3.05) is 13.7 Å². The van der Waals surface area contributed by atoms with Crippen LogP contribution in [0, 0.1) is 17.6 Å². The van der Waals surface area contributed by atoms with Gasteiger partial charge in [-0.3, -0.25) is 4.79 Å². The van der Waals surface area contributed by atoms with Crippen LogP contribution in [0.2, 0.25) is 0 Å². The van der Waals surface area contributed by atoms with E-state index >= 15 is 0 Å². The molecule has 0 saturated heterocycles. The molecule has 248 valence electrons. The highest BCUT2D eigenvalue weighted by Gasteiger charge is 2.33. The Hall–Kier alpha value is -4.82. The van der Waals surface area contributed by atoms with Gasteiger partial charge in [-0.15, -0.1) is 0 Å². The molecule has 1 saturated carbocycles. The fourth-order valence-electron chi connectivity index (χ4n) is 4.22. The summed E-state index contributed by atoms with van der Waals surface area (Å²) in [6.45, 7) is 3.55. The third kappa shape index (κ3) is 8.88. The molecule has 1 aromatic heterocycles. The van der Waals surface area contributed by atoms with Gasteiger partial charge in [-0.2, -0.15) is 8.78 Å². The maximum Gasteiger partial charge on any atom is 0.408 e. The van der Waals surface area contributed by atoms with Crippen LogP contribution in [-0.2, 0) is 14.3 Å². The number of hydrogen-bond acceptors (Lipinski definition) is 9. The molecule has 1 unspecified atom stereocenters. The van der Waals surface area contributed by atoms with E-state index in [4.69, 9.17) is 18.6 Å². The highest BCUT2D eigenvalue weighted by Crippen LogP contribution is 2.37. The van der Waals surface area contributed by atoms with Gasteiger partial charge in [0.05, 0.1) is 19.8 Å². The Balaban J connectivity index is 1.73. The molecule has 1 aliphatic carbocycles. The zero-order valence-electron chi connectivity index (χ0n) is 25.6. The van der Waals surface area contributed by atoms with Crippen molar-refractivity contribution in [2.24, 2.45) is 5.92 Å². The summed E-state index contributed by atoms with van der Waals surface area (Å²) >= 11 is 0. The molecule has 0 spiro atoms. The van der Waals surface area contributed by atoms with E-state index in [2.05, 4.69) is 20.4 Å². The summed E-state index contributed by atoms with van der Waals surface area (Å²) in [6, 6.07) is 3.54. The number of alkyl halides is 2. The van der Waals surface area contributed by atoms with E-state index in [0.29, 0.717) is 6.07 Å². The van der Waals surface area contributed by atoms with Crippen molar-refractivity contribution in [2.45, 2.75) is 64.8 Å². The summed E-state index contributed by atoms with van der Waals surface area (Å²) < 4.78 is 80.6. The molecule has 0 aliphatic heterocycles. The first-order chi connectivity index (χ1) is 21.6. The maximum absolute atomic E-state index is 14.7. The second-order valence-electron chi connectivity index (χ2n) is 11.5. The summed E-state index contributed by atoms with van der Waals surface area (Å²) in [5.74, 6) is -4.52. The van der Waals surface area contributed by atoms with Crippen LogP contribution in [0.3, 0.4) is 0 Å². The van der Waals surface area contributed by atoms with E-state index in [9.17, 15) is 31.9 Å². The zero-order chi connectivity index (χ0) is 33.8. The number of amides is 2. The first-order valence-electron chi connectivity index (χ1n) is 14.2. The fourth-order valence-corrected chi connectivity index (χ4v) is 4.22. The first-order valence-corrected chi connectivity index (χ1v) is 14.2. The van der Waals surface area contributed by atoms with Gasteiger partial charge < -0.3 is 34.0 Å². The average Bonchev–Trinajstić information content (AvgIpc) is 3.68. The second-order valence-corrected chi connectivity index (χ2v) is 11.5.